The van der Waals surface area contributed by atoms with E-state index in [1.807, 2.05) is 21.2 Å². The first-order chi connectivity index (χ1) is 14.5. The zero-order chi connectivity index (χ0) is 20.7. The summed E-state index contributed by atoms with van der Waals surface area (Å²) in [5.41, 5.74) is 0.600. The SMILES string of the molecule is O=C([C@@H]1CCCN1C1=NS(=O)(=O)c2ccccc21)N1CCCN(c2nccs2)CC1. The Bertz CT molecular complexity index is 1080. The van der Waals surface area contributed by atoms with Crippen LogP contribution >= 0.6 is 11.3 Å². The number of fused-ring (bicyclic) bond motifs is 1. The van der Waals surface area contributed by atoms with E-state index in [1.54, 1.807) is 35.7 Å². The predicted octanol–water partition coefficient (Wildman–Crippen LogP) is 1.80. The van der Waals surface area contributed by atoms with Gasteiger partial charge in [0.15, 0.2) is 11.0 Å². The molecule has 1 aromatic carbocycles. The molecule has 3 aliphatic heterocycles. The highest BCUT2D eigenvalue weighted by molar-refractivity contribution is 7.90. The summed E-state index contributed by atoms with van der Waals surface area (Å²) in [4.78, 5) is 24.1. The van der Waals surface area contributed by atoms with Gasteiger partial charge < -0.3 is 14.7 Å². The summed E-state index contributed by atoms with van der Waals surface area (Å²) in [6.45, 7) is 3.61. The number of anilines is 1. The number of carbonyl (C=O) groups is 1. The van der Waals surface area contributed by atoms with Crippen molar-refractivity contribution in [1.82, 2.24) is 14.8 Å². The third-order valence-electron chi connectivity index (χ3n) is 5.92. The van der Waals surface area contributed by atoms with E-state index in [1.165, 1.54) is 0 Å². The molecule has 10 heteroatoms. The molecule has 1 aromatic heterocycles. The number of rotatable bonds is 2. The third kappa shape index (κ3) is 3.37. The Balaban J connectivity index is 1.35. The Morgan fingerprint density at radius 3 is 2.77 bits per heavy atom. The Kier molecular flexibility index (Phi) is 4.98. The van der Waals surface area contributed by atoms with Crippen LogP contribution in [0.25, 0.3) is 0 Å². The van der Waals surface area contributed by atoms with E-state index in [4.69, 9.17) is 0 Å². The summed E-state index contributed by atoms with van der Waals surface area (Å²) < 4.78 is 29.0. The van der Waals surface area contributed by atoms with Crippen LogP contribution in [0.5, 0.6) is 0 Å². The number of thiazole rings is 1. The smallest absolute Gasteiger partial charge is 0.285 e. The molecule has 8 nitrogen and oxygen atoms in total. The van der Waals surface area contributed by atoms with E-state index in [9.17, 15) is 13.2 Å². The van der Waals surface area contributed by atoms with Crippen molar-refractivity contribution in [1.29, 1.82) is 0 Å². The molecule has 3 aliphatic rings. The number of nitrogens with zero attached hydrogens (tertiary/aromatic N) is 5. The molecule has 2 fully saturated rings. The molecular weight excluding hydrogens is 422 g/mol. The topological polar surface area (TPSA) is 86.2 Å². The molecule has 1 atom stereocenters. The van der Waals surface area contributed by atoms with Crippen LogP contribution in [0.3, 0.4) is 0 Å². The maximum Gasteiger partial charge on any atom is 0.285 e. The molecule has 0 spiro atoms. The van der Waals surface area contributed by atoms with Crippen molar-refractivity contribution >= 4 is 38.2 Å². The summed E-state index contributed by atoms with van der Waals surface area (Å²) in [6.07, 6.45) is 4.25. The van der Waals surface area contributed by atoms with Gasteiger partial charge in [-0.25, -0.2) is 4.98 Å². The molecule has 5 rings (SSSR count). The van der Waals surface area contributed by atoms with E-state index in [-0.39, 0.29) is 16.8 Å². The number of amides is 1. The summed E-state index contributed by atoms with van der Waals surface area (Å²) >= 11 is 1.61. The van der Waals surface area contributed by atoms with Crippen LogP contribution in [0.1, 0.15) is 24.8 Å². The minimum absolute atomic E-state index is 0.0676. The third-order valence-corrected chi connectivity index (χ3v) is 8.08. The standard InChI is InChI=1S/C20H23N5O3S2/c26-19(23-9-4-10-24(13-12-23)20-21-8-14-29-20)16-6-3-11-25(16)18-15-5-1-2-7-17(15)30(27,28)22-18/h1-2,5,7-8,14,16H,3-4,6,9-13H2/t16-/m0/s1. The predicted molar refractivity (Wildman–Crippen MR) is 115 cm³/mol. The van der Waals surface area contributed by atoms with E-state index >= 15 is 0 Å². The first kappa shape index (κ1) is 19.5. The van der Waals surface area contributed by atoms with Crippen LogP contribution in [0, 0.1) is 0 Å². The number of hydrogen-bond donors (Lipinski definition) is 0. The lowest BCUT2D eigenvalue weighted by atomic mass is 10.1. The van der Waals surface area contributed by atoms with Gasteiger partial charge in [0.1, 0.15) is 10.9 Å². The summed E-state index contributed by atoms with van der Waals surface area (Å²) in [6, 6.07) is 6.50. The summed E-state index contributed by atoms with van der Waals surface area (Å²) in [5.74, 6) is 0.485. The first-order valence-corrected chi connectivity index (χ1v) is 12.5. The second-order valence-electron chi connectivity index (χ2n) is 7.72. The number of amidine groups is 1. The quantitative estimate of drug-likeness (QED) is 0.701. The minimum Gasteiger partial charge on any atom is -0.346 e. The fourth-order valence-corrected chi connectivity index (χ4v) is 6.40. The average molecular weight is 446 g/mol. The van der Waals surface area contributed by atoms with Crippen LogP contribution in [0.15, 0.2) is 45.1 Å². The van der Waals surface area contributed by atoms with Crippen LogP contribution in [-0.2, 0) is 14.8 Å². The van der Waals surface area contributed by atoms with Gasteiger partial charge in [0.2, 0.25) is 5.91 Å². The first-order valence-electron chi connectivity index (χ1n) is 10.2. The summed E-state index contributed by atoms with van der Waals surface area (Å²) in [5, 5.41) is 2.96. The number of likely N-dealkylation sites (tertiary alicyclic amines) is 1. The van der Waals surface area contributed by atoms with Crippen LogP contribution in [-0.4, -0.2) is 73.7 Å². The van der Waals surface area contributed by atoms with Gasteiger partial charge in [0.05, 0.1) is 0 Å². The van der Waals surface area contributed by atoms with Crippen LogP contribution < -0.4 is 4.90 Å². The summed E-state index contributed by atoms with van der Waals surface area (Å²) in [7, 11) is -3.70. The van der Waals surface area contributed by atoms with E-state index < -0.39 is 10.0 Å². The zero-order valence-electron chi connectivity index (χ0n) is 16.5. The zero-order valence-corrected chi connectivity index (χ0v) is 18.1. The van der Waals surface area contributed by atoms with Gasteiger partial charge >= 0.3 is 0 Å². The van der Waals surface area contributed by atoms with Crippen molar-refractivity contribution in [3.63, 3.8) is 0 Å². The highest BCUT2D eigenvalue weighted by atomic mass is 32.2. The molecule has 2 aromatic rings. The molecule has 2 saturated heterocycles. The van der Waals surface area contributed by atoms with Gasteiger partial charge in [0, 0.05) is 49.9 Å². The largest absolute Gasteiger partial charge is 0.346 e. The fourth-order valence-electron chi connectivity index (χ4n) is 4.48. The maximum absolute atomic E-state index is 13.4. The average Bonchev–Trinajstić information content (AvgIpc) is 3.45. The van der Waals surface area contributed by atoms with Crippen molar-refractivity contribution in [3.05, 3.63) is 41.4 Å². The van der Waals surface area contributed by atoms with Crippen molar-refractivity contribution in [2.45, 2.75) is 30.2 Å². The van der Waals surface area contributed by atoms with E-state index in [2.05, 4.69) is 14.3 Å². The van der Waals surface area contributed by atoms with Gasteiger partial charge in [0.25, 0.3) is 10.0 Å². The van der Waals surface area contributed by atoms with E-state index in [0.29, 0.717) is 37.5 Å². The number of aromatic nitrogens is 1. The molecular formula is C20H23N5O3S2. The number of benzene rings is 1. The molecule has 158 valence electrons. The second kappa shape index (κ2) is 7.66. The number of carbonyl (C=O) groups excluding carboxylic acids is 1. The van der Waals surface area contributed by atoms with Crippen molar-refractivity contribution in [2.75, 3.05) is 37.6 Å². The Hall–Kier alpha value is -2.46. The minimum atomic E-state index is -3.70. The van der Waals surface area contributed by atoms with Gasteiger partial charge in [-0.3, -0.25) is 4.79 Å². The lowest BCUT2D eigenvalue weighted by Gasteiger charge is -2.30. The molecule has 0 bridgehead atoms. The number of hydrogen-bond acceptors (Lipinski definition) is 7. The molecule has 0 saturated carbocycles. The molecule has 0 unspecified atom stereocenters. The maximum atomic E-state index is 13.4. The lowest BCUT2D eigenvalue weighted by Crippen LogP contribution is -2.48. The van der Waals surface area contributed by atoms with E-state index in [0.717, 1.165) is 31.1 Å². The van der Waals surface area contributed by atoms with Gasteiger partial charge in [-0.05, 0) is 31.4 Å². The van der Waals surface area contributed by atoms with Crippen molar-refractivity contribution in [2.24, 2.45) is 4.40 Å². The highest BCUT2D eigenvalue weighted by Gasteiger charge is 2.40. The molecule has 4 heterocycles. The highest BCUT2D eigenvalue weighted by Crippen LogP contribution is 2.32. The molecule has 0 aliphatic carbocycles. The van der Waals surface area contributed by atoms with Gasteiger partial charge in [-0.2, -0.15) is 8.42 Å². The van der Waals surface area contributed by atoms with Crippen LogP contribution in [0.2, 0.25) is 0 Å². The molecule has 0 radical (unpaired) electrons. The molecule has 1 amide bonds. The molecule has 0 N–H and O–H groups in total. The number of sulfonamides is 1. The van der Waals surface area contributed by atoms with Crippen molar-refractivity contribution in [3.8, 4) is 0 Å². The van der Waals surface area contributed by atoms with Gasteiger partial charge in [-0.15, -0.1) is 15.7 Å². The molecule has 30 heavy (non-hydrogen) atoms. The normalized spacial score (nSPS) is 23.3. The van der Waals surface area contributed by atoms with Gasteiger partial charge in [-0.1, -0.05) is 12.1 Å². The lowest BCUT2D eigenvalue weighted by molar-refractivity contribution is -0.134. The van der Waals surface area contributed by atoms with Crippen molar-refractivity contribution < 1.29 is 13.2 Å². The second-order valence-corrected chi connectivity index (χ2v) is 10.2. The van der Waals surface area contributed by atoms with Crippen LogP contribution in [0.4, 0.5) is 5.13 Å². The Morgan fingerprint density at radius 1 is 1.07 bits per heavy atom. The Morgan fingerprint density at radius 2 is 1.93 bits per heavy atom. The fraction of sp³-hybridized carbons (Fsp3) is 0.450. The Labute approximate surface area is 179 Å². The monoisotopic (exact) mass is 445 g/mol.